The summed E-state index contributed by atoms with van der Waals surface area (Å²) >= 11 is 0. The van der Waals surface area contributed by atoms with Gasteiger partial charge in [-0.25, -0.2) is 0 Å². The summed E-state index contributed by atoms with van der Waals surface area (Å²) in [5, 5.41) is 8.54. The predicted molar refractivity (Wildman–Crippen MR) is 68.0 cm³/mol. The van der Waals surface area contributed by atoms with Crippen molar-refractivity contribution in [2.24, 2.45) is 0 Å². The molecule has 0 fully saturated rings. The van der Waals surface area contributed by atoms with Crippen LogP contribution in [0.25, 0.3) is 0 Å². The van der Waals surface area contributed by atoms with Crippen LogP contribution in [0.15, 0.2) is 0 Å². The first-order chi connectivity index (χ1) is 7.91. The van der Waals surface area contributed by atoms with Crippen molar-refractivity contribution in [1.29, 1.82) is 0 Å². The molecule has 0 radical (unpaired) electrons. The molecule has 0 aromatic carbocycles. The van der Waals surface area contributed by atoms with Crippen molar-refractivity contribution in [2.45, 2.75) is 64.7 Å². The van der Waals surface area contributed by atoms with Crippen LogP contribution in [0.5, 0.6) is 0 Å². The Morgan fingerprint density at radius 1 is 0.938 bits per heavy atom. The maximum Gasteiger partial charge on any atom is 0.110 e. The summed E-state index contributed by atoms with van der Waals surface area (Å²) in [4.78, 5) is 0. The van der Waals surface area contributed by atoms with Crippen molar-refractivity contribution in [3.8, 4) is 12.0 Å². The number of aliphatic hydroxyl groups excluding tert-OH is 1. The summed E-state index contributed by atoms with van der Waals surface area (Å²) in [6.07, 6.45) is 13.2. The largest absolute Gasteiger partial charge is 0.447 e. The molecular weight excluding hydrogens is 200 g/mol. The van der Waals surface area contributed by atoms with Gasteiger partial charge in [-0.3, -0.25) is 0 Å². The van der Waals surface area contributed by atoms with E-state index in [1.165, 1.54) is 38.5 Å². The van der Waals surface area contributed by atoms with Crippen LogP contribution in [-0.2, 0) is 4.74 Å². The van der Waals surface area contributed by atoms with Gasteiger partial charge in [-0.2, -0.15) is 0 Å². The van der Waals surface area contributed by atoms with Crippen molar-refractivity contribution < 1.29 is 9.84 Å². The Balaban J connectivity index is 3.03. The molecule has 0 aromatic heterocycles. The van der Waals surface area contributed by atoms with Gasteiger partial charge in [0, 0.05) is 13.0 Å². The Morgan fingerprint density at radius 2 is 1.69 bits per heavy atom. The lowest BCUT2D eigenvalue weighted by Crippen LogP contribution is -1.90. The first kappa shape index (κ1) is 15.3. The maximum atomic E-state index is 8.54. The molecule has 0 aromatic rings. The second-order valence-corrected chi connectivity index (χ2v) is 4.08. The van der Waals surface area contributed by atoms with E-state index in [4.69, 9.17) is 9.84 Å². The highest BCUT2D eigenvalue weighted by molar-refractivity contribution is 4.90. The van der Waals surface area contributed by atoms with Crippen molar-refractivity contribution in [3.63, 3.8) is 0 Å². The van der Waals surface area contributed by atoms with Crippen LogP contribution in [0.3, 0.4) is 0 Å². The fourth-order valence-corrected chi connectivity index (χ4v) is 1.43. The minimum absolute atomic E-state index is 0.245. The number of ether oxygens (including phenoxy) is 1. The van der Waals surface area contributed by atoms with Gasteiger partial charge in [0.15, 0.2) is 0 Å². The van der Waals surface area contributed by atoms with E-state index in [9.17, 15) is 0 Å². The molecule has 0 saturated carbocycles. The molecule has 94 valence electrons. The molecule has 1 N–H and O–H groups in total. The molecule has 2 nitrogen and oxygen atoms in total. The smallest absolute Gasteiger partial charge is 0.110 e. The Bertz CT molecular complexity index is 179. The predicted octanol–water partition coefficient (Wildman–Crippen LogP) is 3.49. The molecule has 0 heterocycles. The lowest BCUT2D eigenvalue weighted by molar-refractivity contribution is 0.235. The number of hydrogen-bond acceptors (Lipinski definition) is 2. The third-order valence-corrected chi connectivity index (χ3v) is 2.45. The fourth-order valence-electron chi connectivity index (χ4n) is 1.43. The number of unbranched alkanes of at least 4 members (excludes halogenated alkanes) is 7. The minimum Gasteiger partial charge on any atom is -0.447 e. The van der Waals surface area contributed by atoms with Gasteiger partial charge in [0.2, 0.25) is 0 Å². The molecule has 0 amide bonds. The topological polar surface area (TPSA) is 29.5 Å². The average Bonchev–Trinajstić information content (AvgIpc) is 2.31. The van der Waals surface area contributed by atoms with Gasteiger partial charge in [-0.05, 0) is 19.3 Å². The summed E-state index contributed by atoms with van der Waals surface area (Å²) < 4.78 is 5.11. The zero-order valence-corrected chi connectivity index (χ0v) is 10.6. The van der Waals surface area contributed by atoms with Crippen molar-refractivity contribution >= 4 is 0 Å². The summed E-state index contributed by atoms with van der Waals surface area (Å²) in [5.74, 6) is 3.02. The molecule has 0 unspecified atom stereocenters. The number of rotatable bonds is 10. The van der Waals surface area contributed by atoms with E-state index < -0.39 is 0 Å². The van der Waals surface area contributed by atoms with Crippen molar-refractivity contribution in [1.82, 2.24) is 0 Å². The Kier molecular flexibility index (Phi) is 13.7. The minimum atomic E-state index is 0.245. The quantitative estimate of drug-likeness (QED) is 0.456. The highest BCUT2D eigenvalue weighted by atomic mass is 16.5. The van der Waals surface area contributed by atoms with E-state index in [2.05, 4.69) is 19.0 Å². The lowest BCUT2D eigenvalue weighted by Gasteiger charge is -1.97. The van der Waals surface area contributed by atoms with Crippen LogP contribution in [0, 0.1) is 12.0 Å². The molecule has 2 heteroatoms. The van der Waals surface area contributed by atoms with Gasteiger partial charge in [0.25, 0.3) is 0 Å². The van der Waals surface area contributed by atoms with Gasteiger partial charge in [-0.15, -0.1) is 0 Å². The van der Waals surface area contributed by atoms with E-state index in [0.717, 1.165) is 19.3 Å². The molecule has 0 rings (SSSR count). The highest BCUT2D eigenvalue weighted by Gasteiger charge is 1.88. The molecule has 0 spiro atoms. The summed E-state index contributed by atoms with van der Waals surface area (Å²) in [6, 6.07) is 0. The second kappa shape index (κ2) is 14.3. The van der Waals surface area contributed by atoms with E-state index in [-0.39, 0.29) is 6.61 Å². The van der Waals surface area contributed by atoms with E-state index in [1.807, 2.05) is 0 Å². The average molecular weight is 226 g/mol. The lowest BCUT2D eigenvalue weighted by atomic mass is 10.1. The van der Waals surface area contributed by atoms with Crippen LogP contribution < -0.4 is 0 Å². The van der Waals surface area contributed by atoms with Crippen molar-refractivity contribution in [2.75, 3.05) is 13.2 Å². The summed E-state index contributed by atoms with van der Waals surface area (Å²) in [7, 11) is 0. The van der Waals surface area contributed by atoms with Crippen LogP contribution in [-0.4, -0.2) is 18.3 Å². The SMILES string of the molecule is CCCCCCCCC#COCCCCO. The van der Waals surface area contributed by atoms with E-state index in [0.29, 0.717) is 6.61 Å². The molecule has 0 aliphatic heterocycles. The van der Waals surface area contributed by atoms with Crippen LogP contribution in [0.4, 0.5) is 0 Å². The normalized spacial score (nSPS) is 9.62. The zero-order valence-electron chi connectivity index (χ0n) is 10.6. The molecule has 0 saturated heterocycles. The van der Waals surface area contributed by atoms with Gasteiger partial charge >= 0.3 is 0 Å². The molecule has 0 aliphatic carbocycles. The molecule has 0 aliphatic rings. The molecule has 0 bridgehead atoms. The van der Waals surface area contributed by atoms with Crippen LogP contribution in [0.1, 0.15) is 64.7 Å². The van der Waals surface area contributed by atoms with Crippen LogP contribution >= 0.6 is 0 Å². The Labute approximate surface area is 100 Å². The summed E-state index contributed by atoms with van der Waals surface area (Å²) in [5.41, 5.74) is 0. The fraction of sp³-hybridized carbons (Fsp3) is 0.857. The Hall–Kier alpha value is -0.680. The second-order valence-electron chi connectivity index (χ2n) is 4.08. The number of hydrogen-bond donors (Lipinski definition) is 1. The van der Waals surface area contributed by atoms with Gasteiger partial charge < -0.3 is 9.84 Å². The molecule has 0 atom stereocenters. The molecular formula is C14H26O2. The maximum absolute atomic E-state index is 8.54. The third kappa shape index (κ3) is 13.3. The van der Waals surface area contributed by atoms with Gasteiger partial charge in [0.1, 0.15) is 12.7 Å². The third-order valence-electron chi connectivity index (χ3n) is 2.45. The van der Waals surface area contributed by atoms with Gasteiger partial charge in [0.05, 0.1) is 0 Å². The van der Waals surface area contributed by atoms with E-state index >= 15 is 0 Å². The first-order valence-corrected chi connectivity index (χ1v) is 6.62. The Morgan fingerprint density at radius 3 is 2.44 bits per heavy atom. The summed E-state index contributed by atoms with van der Waals surface area (Å²) in [6.45, 7) is 3.12. The standard InChI is InChI=1S/C14H26O2/c1-2-3-4-5-6-7-8-10-13-16-14-11-9-12-15/h15H,2-9,11-12,14H2,1H3. The zero-order chi connectivity index (χ0) is 11.9. The van der Waals surface area contributed by atoms with Crippen molar-refractivity contribution in [3.05, 3.63) is 0 Å². The monoisotopic (exact) mass is 226 g/mol. The van der Waals surface area contributed by atoms with Crippen LogP contribution in [0.2, 0.25) is 0 Å². The van der Waals surface area contributed by atoms with E-state index in [1.54, 1.807) is 0 Å². The van der Waals surface area contributed by atoms with Gasteiger partial charge in [-0.1, -0.05) is 44.9 Å². The number of aliphatic hydroxyl groups is 1. The molecule has 16 heavy (non-hydrogen) atoms. The first-order valence-electron chi connectivity index (χ1n) is 6.62. The highest BCUT2D eigenvalue weighted by Crippen LogP contribution is 2.05.